The molecule has 1 N–H and O–H groups in total. The topological polar surface area (TPSA) is 73.2 Å². The van der Waals surface area contributed by atoms with Crippen LogP contribution in [0.4, 0.5) is 0 Å². The van der Waals surface area contributed by atoms with Gasteiger partial charge in [-0.05, 0) is 11.1 Å². The molecule has 0 aliphatic carbocycles. The zero-order valence-corrected chi connectivity index (χ0v) is 15.0. The number of nitrogens with zero attached hydrogens (tertiary/aromatic N) is 2. The molecule has 0 spiro atoms. The lowest BCUT2D eigenvalue weighted by Crippen LogP contribution is -2.30. The van der Waals surface area contributed by atoms with Crippen molar-refractivity contribution in [3.63, 3.8) is 0 Å². The molecule has 0 bridgehead atoms. The second kappa shape index (κ2) is 8.80. The van der Waals surface area contributed by atoms with Crippen LogP contribution in [0.1, 0.15) is 33.9 Å². The minimum Gasteiger partial charge on any atom is -0.469 e. The van der Waals surface area contributed by atoms with Crippen LogP contribution < -0.4 is 5.32 Å². The summed E-state index contributed by atoms with van der Waals surface area (Å²) in [7, 11) is 1.33. The summed E-state index contributed by atoms with van der Waals surface area (Å²) in [5.74, 6) is -0.670. The van der Waals surface area contributed by atoms with E-state index in [1.807, 2.05) is 60.7 Å². The lowest BCUT2D eigenvalue weighted by molar-refractivity contribution is -0.141. The fourth-order valence-corrected chi connectivity index (χ4v) is 2.77. The number of aromatic nitrogens is 2. The van der Waals surface area contributed by atoms with Gasteiger partial charge in [0.05, 0.1) is 37.9 Å². The first-order valence-corrected chi connectivity index (χ1v) is 8.64. The van der Waals surface area contributed by atoms with Crippen LogP contribution in [0.3, 0.4) is 0 Å². The van der Waals surface area contributed by atoms with E-state index in [2.05, 4.69) is 10.4 Å². The molecule has 0 fully saturated rings. The van der Waals surface area contributed by atoms with Gasteiger partial charge in [-0.1, -0.05) is 60.7 Å². The number of benzene rings is 2. The predicted octanol–water partition coefficient (Wildman–Crippen LogP) is 2.97. The molecule has 0 saturated heterocycles. The van der Waals surface area contributed by atoms with Crippen LogP contribution in [-0.4, -0.2) is 28.8 Å². The molecule has 6 heteroatoms. The number of hydrogen-bond donors (Lipinski definition) is 1. The molecule has 0 aliphatic rings. The Morgan fingerprint density at radius 3 is 2.41 bits per heavy atom. The van der Waals surface area contributed by atoms with Crippen LogP contribution in [0.15, 0.2) is 73.1 Å². The van der Waals surface area contributed by atoms with Gasteiger partial charge in [0.2, 0.25) is 0 Å². The van der Waals surface area contributed by atoms with Crippen molar-refractivity contribution in [1.82, 2.24) is 15.1 Å². The monoisotopic (exact) mass is 363 g/mol. The summed E-state index contributed by atoms with van der Waals surface area (Å²) < 4.78 is 6.46. The molecule has 1 amide bonds. The number of nitrogens with one attached hydrogen (secondary N) is 1. The van der Waals surface area contributed by atoms with E-state index in [-0.39, 0.29) is 18.3 Å². The molecule has 27 heavy (non-hydrogen) atoms. The standard InChI is InChI=1S/C21H21N3O3/c1-27-20(25)12-19(17-10-6-3-7-11-17)23-21(26)18-13-22-24(15-18)14-16-8-4-2-5-9-16/h2-11,13,15,19H,12,14H2,1H3,(H,23,26)/t19-/m0/s1. The second-order valence-corrected chi connectivity index (χ2v) is 6.13. The Morgan fingerprint density at radius 2 is 1.74 bits per heavy atom. The summed E-state index contributed by atoms with van der Waals surface area (Å²) in [6, 6.07) is 18.8. The highest BCUT2D eigenvalue weighted by atomic mass is 16.5. The second-order valence-electron chi connectivity index (χ2n) is 6.13. The Morgan fingerprint density at radius 1 is 1.07 bits per heavy atom. The van der Waals surface area contributed by atoms with Crippen molar-refractivity contribution in [3.05, 3.63) is 89.7 Å². The Balaban J connectivity index is 1.71. The van der Waals surface area contributed by atoms with Crippen molar-refractivity contribution in [2.75, 3.05) is 7.11 Å². The van der Waals surface area contributed by atoms with E-state index in [1.165, 1.54) is 13.3 Å². The van der Waals surface area contributed by atoms with Crippen molar-refractivity contribution in [1.29, 1.82) is 0 Å². The molecule has 1 aromatic heterocycles. The Hall–Kier alpha value is -3.41. The number of esters is 1. The van der Waals surface area contributed by atoms with E-state index in [9.17, 15) is 9.59 Å². The number of hydrogen-bond acceptors (Lipinski definition) is 4. The van der Waals surface area contributed by atoms with Gasteiger partial charge in [0.15, 0.2) is 0 Å². The van der Waals surface area contributed by atoms with Crippen LogP contribution in [0.2, 0.25) is 0 Å². The summed E-state index contributed by atoms with van der Waals surface area (Å²) >= 11 is 0. The molecular weight excluding hydrogens is 342 g/mol. The van der Waals surface area contributed by atoms with Gasteiger partial charge in [-0.25, -0.2) is 0 Å². The number of rotatable bonds is 7. The molecule has 0 unspecified atom stereocenters. The average Bonchev–Trinajstić information content (AvgIpc) is 3.17. The van der Waals surface area contributed by atoms with Gasteiger partial charge in [0.1, 0.15) is 0 Å². The van der Waals surface area contributed by atoms with E-state index in [1.54, 1.807) is 10.9 Å². The Kier molecular flexibility index (Phi) is 5.99. The molecule has 0 saturated carbocycles. The average molecular weight is 363 g/mol. The van der Waals surface area contributed by atoms with E-state index < -0.39 is 6.04 Å². The first kappa shape index (κ1) is 18.4. The molecule has 0 aliphatic heterocycles. The van der Waals surface area contributed by atoms with Crippen molar-refractivity contribution in [2.24, 2.45) is 0 Å². The maximum Gasteiger partial charge on any atom is 0.307 e. The third-order valence-corrected chi connectivity index (χ3v) is 4.19. The van der Waals surface area contributed by atoms with Gasteiger partial charge < -0.3 is 10.1 Å². The summed E-state index contributed by atoms with van der Waals surface area (Å²) in [6.07, 6.45) is 3.28. The number of methoxy groups -OCH3 is 1. The summed E-state index contributed by atoms with van der Waals surface area (Å²) in [5.41, 5.74) is 2.38. The summed E-state index contributed by atoms with van der Waals surface area (Å²) in [6.45, 7) is 0.582. The fraction of sp³-hybridized carbons (Fsp3) is 0.190. The van der Waals surface area contributed by atoms with Gasteiger partial charge in [-0.3, -0.25) is 14.3 Å². The maximum atomic E-state index is 12.6. The normalized spacial score (nSPS) is 11.6. The van der Waals surface area contributed by atoms with Gasteiger partial charge >= 0.3 is 5.97 Å². The van der Waals surface area contributed by atoms with Crippen LogP contribution in [0.5, 0.6) is 0 Å². The van der Waals surface area contributed by atoms with E-state index in [0.29, 0.717) is 12.1 Å². The summed E-state index contributed by atoms with van der Waals surface area (Å²) in [5, 5.41) is 7.15. The molecule has 2 aromatic carbocycles. The van der Waals surface area contributed by atoms with E-state index in [4.69, 9.17) is 4.74 Å². The molecule has 1 atom stereocenters. The minimum absolute atomic E-state index is 0.0599. The highest BCUT2D eigenvalue weighted by molar-refractivity contribution is 5.94. The zero-order valence-electron chi connectivity index (χ0n) is 15.0. The van der Waals surface area contributed by atoms with Gasteiger partial charge in [-0.2, -0.15) is 5.10 Å². The molecule has 1 heterocycles. The molecule has 3 rings (SSSR count). The molecule has 6 nitrogen and oxygen atoms in total. The van der Waals surface area contributed by atoms with Gasteiger partial charge in [0.25, 0.3) is 5.91 Å². The lowest BCUT2D eigenvalue weighted by atomic mass is 10.0. The van der Waals surface area contributed by atoms with Gasteiger partial charge in [0, 0.05) is 6.20 Å². The number of carbonyl (C=O) groups excluding carboxylic acids is 2. The van der Waals surface area contributed by atoms with Crippen molar-refractivity contribution < 1.29 is 14.3 Å². The highest BCUT2D eigenvalue weighted by Gasteiger charge is 2.20. The van der Waals surface area contributed by atoms with Gasteiger partial charge in [-0.15, -0.1) is 0 Å². The number of amides is 1. The first-order chi connectivity index (χ1) is 13.2. The smallest absolute Gasteiger partial charge is 0.307 e. The van der Waals surface area contributed by atoms with Crippen LogP contribution >= 0.6 is 0 Å². The van der Waals surface area contributed by atoms with Crippen molar-refractivity contribution in [2.45, 2.75) is 19.0 Å². The Bertz CT molecular complexity index is 891. The third-order valence-electron chi connectivity index (χ3n) is 4.19. The fourth-order valence-electron chi connectivity index (χ4n) is 2.77. The molecule has 0 radical (unpaired) electrons. The first-order valence-electron chi connectivity index (χ1n) is 8.64. The molecular formula is C21H21N3O3. The largest absolute Gasteiger partial charge is 0.469 e. The lowest BCUT2D eigenvalue weighted by Gasteiger charge is -2.17. The molecule has 3 aromatic rings. The number of carbonyl (C=O) groups is 2. The van der Waals surface area contributed by atoms with Crippen LogP contribution in [-0.2, 0) is 16.1 Å². The van der Waals surface area contributed by atoms with E-state index >= 15 is 0 Å². The Labute approximate surface area is 157 Å². The van der Waals surface area contributed by atoms with Crippen LogP contribution in [0.25, 0.3) is 0 Å². The molecule has 138 valence electrons. The highest BCUT2D eigenvalue weighted by Crippen LogP contribution is 2.18. The van der Waals surface area contributed by atoms with Crippen molar-refractivity contribution in [3.8, 4) is 0 Å². The van der Waals surface area contributed by atoms with Crippen molar-refractivity contribution >= 4 is 11.9 Å². The third kappa shape index (κ3) is 5.04. The van der Waals surface area contributed by atoms with Crippen LogP contribution in [0, 0.1) is 0 Å². The zero-order chi connectivity index (χ0) is 19.1. The summed E-state index contributed by atoms with van der Waals surface area (Å²) in [4.78, 5) is 24.4. The maximum absolute atomic E-state index is 12.6. The quantitative estimate of drug-likeness (QED) is 0.655. The predicted molar refractivity (Wildman–Crippen MR) is 101 cm³/mol. The number of ether oxygens (including phenoxy) is 1. The van der Waals surface area contributed by atoms with E-state index in [0.717, 1.165) is 11.1 Å². The minimum atomic E-state index is -0.469. The SMILES string of the molecule is COC(=O)C[C@H](NC(=O)c1cnn(Cc2ccccc2)c1)c1ccccc1.